The molecule has 0 aromatic heterocycles. The van der Waals surface area contributed by atoms with E-state index in [4.69, 9.17) is 9.84 Å². The van der Waals surface area contributed by atoms with Crippen LogP contribution in [0.2, 0.25) is 0 Å². The highest BCUT2D eigenvalue weighted by Crippen LogP contribution is 2.22. The number of nitrogens with one attached hydrogen (secondary N) is 1. The summed E-state index contributed by atoms with van der Waals surface area (Å²) in [5.41, 5.74) is 1.01. The van der Waals surface area contributed by atoms with Crippen molar-refractivity contribution in [2.75, 3.05) is 17.1 Å². The molecule has 7 heteroatoms. The van der Waals surface area contributed by atoms with Crippen molar-refractivity contribution in [3.05, 3.63) is 23.8 Å². The van der Waals surface area contributed by atoms with Crippen LogP contribution in [0, 0.1) is 6.92 Å². The van der Waals surface area contributed by atoms with Crippen LogP contribution in [0.4, 0.5) is 5.69 Å². The maximum Gasteiger partial charge on any atom is 0.320 e. The van der Waals surface area contributed by atoms with Gasteiger partial charge in [-0.3, -0.25) is 9.52 Å². The standard InChI is InChI=1S/C11H15NO5S/c1-3-17-9-4-5-10(8(2)6-9)12-18(15,16)7-11(13)14/h4-6,12H,3,7H2,1-2H3,(H,13,14). The Labute approximate surface area is 106 Å². The molecule has 1 aromatic rings. The summed E-state index contributed by atoms with van der Waals surface area (Å²) < 4.78 is 30.4. The van der Waals surface area contributed by atoms with Gasteiger partial charge in [0.2, 0.25) is 10.0 Å². The Morgan fingerprint density at radius 1 is 1.44 bits per heavy atom. The molecule has 0 saturated carbocycles. The molecule has 0 saturated heterocycles. The number of aliphatic carboxylic acids is 1. The summed E-state index contributed by atoms with van der Waals surface area (Å²) in [6, 6.07) is 4.84. The Morgan fingerprint density at radius 3 is 2.61 bits per heavy atom. The first-order valence-corrected chi connectivity index (χ1v) is 6.95. The number of carboxylic acid groups (broad SMARTS) is 1. The van der Waals surface area contributed by atoms with Crippen LogP contribution in [0.3, 0.4) is 0 Å². The van der Waals surface area contributed by atoms with Crippen LogP contribution in [-0.2, 0) is 14.8 Å². The summed E-state index contributed by atoms with van der Waals surface area (Å²) in [6.07, 6.45) is 0. The number of anilines is 1. The van der Waals surface area contributed by atoms with Crippen molar-refractivity contribution in [3.63, 3.8) is 0 Å². The van der Waals surface area contributed by atoms with E-state index in [0.29, 0.717) is 23.6 Å². The molecule has 1 rings (SSSR count). The molecule has 0 heterocycles. The monoisotopic (exact) mass is 273 g/mol. The fourth-order valence-corrected chi connectivity index (χ4v) is 2.33. The molecule has 18 heavy (non-hydrogen) atoms. The molecule has 100 valence electrons. The normalized spacial score (nSPS) is 11.0. The Morgan fingerprint density at radius 2 is 2.11 bits per heavy atom. The SMILES string of the molecule is CCOc1ccc(NS(=O)(=O)CC(=O)O)c(C)c1. The van der Waals surface area contributed by atoms with Crippen molar-refractivity contribution >= 4 is 21.7 Å². The number of hydrogen-bond acceptors (Lipinski definition) is 4. The van der Waals surface area contributed by atoms with Crippen LogP contribution in [0.1, 0.15) is 12.5 Å². The Balaban J connectivity index is 2.89. The van der Waals surface area contributed by atoms with E-state index < -0.39 is 21.7 Å². The molecule has 0 bridgehead atoms. The van der Waals surface area contributed by atoms with Gasteiger partial charge in [-0.15, -0.1) is 0 Å². The number of carboxylic acids is 1. The zero-order valence-electron chi connectivity index (χ0n) is 10.1. The molecule has 0 spiro atoms. The number of hydrogen-bond donors (Lipinski definition) is 2. The highest BCUT2D eigenvalue weighted by molar-refractivity contribution is 7.93. The lowest BCUT2D eigenvalue weighted by atomic mass is 10.2. The van der Waals surface area contributed by atoms with E-state index in [9.17, 15) is 13.2 Å². The van der Waals surface area contributed by atoms with Crippen LogP contribution in [0.15, 0.2) is 18.2 Å². The second-order valence-corrected chi connectivity index (χ2v) is 5.39. The predicted octanol–water partition coefficient (Wildman–Crippen LogP) is 1.22. The smallest absolute Gasteiger partial charge is 0.320 e. The molecule has 0 atom stereocenters. The second-order valence-electron chi connectivity index (χ2n) is 3.66. The van der Waals surface area contributed by atoms with Gasteiger partial charge in [-0.1, -0.05) is 0 Å². The third-order valence-corrected chi connectivity index (χ3v) is 3.25. The van der Waals surface area contributed by atoms with Crippen LogP contribution in [0.5, 0.6) is 5.75 Å². The van der Waals surface area contributed by atoms with Crippen molar-refractivity contribution in [1.29, 1.82) is 0 Å². The molecule has 0 aliphatic carbocycles. The number of carbonyl (C=O) groups is 1. The van der Waals surface area contributed by atoms with E-state index in [2.05, 4.69) is 4.72 Å². The van der Waals surface area contributed by atoms with E-state index in [1.807, 2.05) is 6.92 Å². The highest BCUT2D eigenvalue weighted by Gasteiger charge is 2.16. The minimum atomic E-state index is -3.87. The maximum atomic E-state index is 11.5. The number of ether oxygens (including phenoxy) is 1. The third-order valence-electron chi connectivity index (χ3n) is 2.09. The fourth-order valence-electron chi connectivity index (χ4n) is 1.37. The van der Waals surface area contributed by atoms with Gasteiger partial charge in [-0.2, -0.15) is 0 Å². The summed E-state index contributed by atoms with van der Waals surface area (Å²) in [6.45, 7) is 4.07. The van der Waals surface area contributed by atoms with Gasteiger partial charge in [0.15, 0.2) is 5.75 Å². The fraction of sp³-hybridized carbons (Fsp3) is 0.364. The van der Waals surface area contributed by atoms with Crippen LogP contribution in [0.25, 0.3) is 0 Å². The number of benzene rings is 1. The van der Waals surface area contributed by atoms with Gasteiger partial charge in [0, 0.05) is 0 Å². The van der Waals surface area contributed by atoms with E-state index in [1.165, 1.54) is 0 Å². The van der Waals surface area contributed by atoms with Crippen molar-refractivity contribution in [3.8, 4) is 5.75 Å². The van der Waals surface area contributed by atoms with E-state index in [1.54, 1.807) is 25.1 Å². The molecule has 0 aliphatic heterocycles. The van der Waals surface area contributed by atoms with Gasteiger partial charge in [0.1, 0.15) is 5.75 Å². The topological polar surface area (TPSA) is 92.7 Å². The van der Waals surface area contributed by atoms with Crippen molar-refractivity contribution in [2.24, 2.45) is 0 Å². The minimum absolute atomic E-state index is 0.347. The first kappa shape index (κ1) is 14.3. The zero-order valence-corrected chi connectivity index (χ0v) is 11.0. The van der Waals surface area contributed by atoms with E-state index in [-0.39, 0.29) is 0 Å². The highest BCUT2D eigenvalue weighted by atomic mass is 32.2. The number of rotatable bonds is 6. The quantitative estimate of drug-likeness (QED) is 0.813. The molecule has 0 fully saturated rings. The van der Waals surface area contributed by atoms with Crippen LogP contribution in [-0.4, -0.2) is 31.9 Å². The molecule has 2 N–H and O–H groups in total. The summed E-state index contributed by atoms with van der Waals surface area (Å²) in [5.74, 6) is -1.72. The second kappa shape index (κ2) is 5.72. The van der Waals surface area contributed by atoms with Gasteiger partial charge < -0.3 is 9.84 Å². The first-order chi connectivity index (χ1) is 8.34. The molecule has 0 amide bonds. The lowest BCUT2D eigenvalue weighted by molar-refractivity contribution is -0.134. The zero-order chi connectivity index (χ0) is 13.8. The molecular weight excluding hydrogens is 258 g/mol. The Kier molecular flexibility index (Phi) is 4.55. The number of sulfonamides is 1. The summed E-state index contributed by atoms with van der Waals surface area (Å²) in [4.78, 5) is 10.4. The molecule has 6 nitrogen and oxygen atoms in total. The maximum absolute atomic E-state index is 11.5. The van der Waals surface area contributed by atoms with Crippen molar-refractivity contribution in [1.82, 2.24) is 0 Å². The molecular formula is C11H15NO5S. The summed E-state index contributed by atoms with van der Waals surface area (Å²) in [7, 11) is -3.87. The molecule has 0 radical (unpaired) electrons. The van der Waals surface area contributed by atoms with Gasteiger partial charge in [0.05, 0.1) is 12.3 Å². The minimum Gasteiger partial charge on any atom is -0.494 e. The predicted molar refractivity (Wildman–Crippen MR) is 67.4 cm³/mol. The third kappa shape index (κ3) is 4.25. The van der Waals surface area contributed by atoms with E-state index in [0.717, 1.165) is 0 Å². The molecule has 1 aromatic carbocycles. The van der Waals surface area contributed by atoms with Crippen LogP contribution >= 0.6 is 0 Å². The largest absolute Gasteiger partial charge is 0.494 e. The van der Waals surface area contributed by atoms with Gasteiger partial charge in [-0.05, 0) is 37.6 Å². The summed E-state index contributed by atoms with van der Waals surface area (Å²) in [5, 5.41) is 8.47. The average molecular weight is 273 g/mol. The first-order valence-electron chi connectivity index (χ1n) is 5.30. The van der Waals surface area contributed by atoms with E-state index >= 15 is 0 Å². The molecule has 0 unspecified atom stereocenters. The Bertz CT molecular complexity index is 538. The lowest BCUT2D eigenvalue weighted by Crippen LogP contribution is -2.22. The van der Waals surface area contributed by atoms with Gasteiger partial charge >= 0.3 is 5.97 Å². The van der Waals surface area contributed by atoms with Gasteiger partial charge in [0.25, 0.3) is 0 Å². The average Bonchev–Trinajstić information content (AvgIpc) is 2.20. The van der Waals surface area contributed by atoms with Crippen molar-refractivity contribution < 1.29 is 23.1 Å². The Hall–Kier alpha value is -1.76. The summed E-state index contributed by atoms with van der Waals surface area (Å²) >= 11 is 0. The van der Waals surface area contributed by atoms with Crippen LogP contribution < -0.4 is 9.46 Å². The van der Waals surface area contributed by atoms with Gasteiger partial charge in [-0.25, -0.2) is 8.42 Å². The van der Waals surface area contributed by atoms with Crippen molar-refractivity contribution in [2.45, 2.75) is 13.8 Å². The number of aryl methyl sites for hydroxylation is 1. The molecule has 0 aliphatic rings. The lowest BCUT2D eigenvalue weighted by Gasteiger charge is -2.11.